The van der Waals surface area contributed by atoms with E-state index in [0.717, 1.165) is 11.3 Å². The van der Waals surface area contributed by atoms with Crippen molar-refractivity contribution in [1.29, 1.82) is 0 Å². The molecule has 2 N–H and O–H groups in total. The molecule has 0 saturated carbocycles. The zero-order chi connectivity index (χ0) is 22.1. The molecular weight excluding hydrogens is 416 g/mol. The number of carbonyl (C=O) groups excluding carboxylic acids is 1. The molecule has 2 aromatic carbocycles. The molecule has 3 aromatic rings. The van der Waals surface area contributed by atoms with Crippen molar-refractivity contribution in [3.63, 3.8) is 0 Å². The van der Waals surface area contributed by atoms with E-state index in [1.807, 2.05) is 24.3 Å². The fourth-order valence-corrected chi connectivity index (χ4v) is 3.78. The van der Waals surface area contributed by atoms with Crippen LogP contribution in [0.15, 0.2) is 82.1 Å². The monoisotopic (exact) mass is 440 g/mol. The first-order chi connectivity index (χ1) is 15.0. The summed E-state index contributed by atoms with van der Waals surface area (Å²) in [4.78, 5) is 12.2. The van der Waals surface area contributed by atoms with Gasteiger partial charge in [0, 0.05) is 12.6 Å². The first-order valence-corrected chi connectivity index (χ1v) is 11.2. The van der Waals surface area contributed by atoms with Crippen molar-refractivity contribution >= 4 is 22.0 Å². The Morgan fingerprint density at radius 1 is 1.03 bits per heavy atom. The Balaban J connectivity index is 1.44. The number of sulfonamides is 1. The third kappa shape index (κ3) is 6.84. The summed E-state index contributed by atoms with van der Waals surface area (Å²) in [6.45, 7) is 0.513. The smallest absolute Gasteiger partial charge is 0.244 e. The summed E-state index contributed by atoms with van der Waals surface area (Å²) in [5, 5.41) is 2.81. The molecule has 0 atom stereocenters. The topological polar surface area (TPSA) is 97.6 Å². The molecule has 1 amide bonds. The summed E-state index contributed by atoms with van der Waals surface area (Å²) in [7, 11) is -1.99. The maximum absolute atomic E-state index is 12.2. The van der Waals surface area contributed by atoms with Crippen LogP contribution in [-0.4, -0.2) is 28.0 Å². The van der Waals surface area contributed by atoms with Crippen LogP contribution >= 0.6 is 0 Å². The number of nitrogens with one attached hydrogen (secondary N) is 2. The number of hydrogen-bond donors (Lipinski definition) is 2. The maximum Gasteiger partial charge on any atom is 0.244 e. The molecule has 0 aliphatic heterocycles. The SMILES string of the molecule is COc1ccc(CCNC(=O)/C=C/c2ccc(CNS(=O)(=O)c3ccccc3)o2)cc1. The number of amides is 1. The van der Waals surface area contributed by atoms with Crippen molar-refractivity contribution in [3.8, 4) is 5.75 Å². The van der Waals surface area contributed by atoms with Crippen LogP contribution < -0.4 is 14.8 Å². The van der Waals surface area contributed by atoms with Crippen molar-refractivity contribution in [2.75, 3.05) is 13.7 Å². The van der Waals surface area contributed by atoms with Gasteiger partial charge in [-0.2, -0.15) is 0 Å². The Morgan fingerprint density at radius 3 is 2.48 bits per heavy atom. The van der Waals surface area contributed by atoms with Gasteiger partial charge in [-0.1, -0.05) is 30.3 Å². The molecule has 0 unspecified atom stereocenters. The molecule has 8 heteroatoms. The predicted octanol–water partition coefficient (Wildman–Crippen LogP) is 3.14. The number of furan rings is 1. The number of ether oxygens (including phenoxy) is 1. The first-order valence-electron chi connectivity index (χ1n) is 9.68. The summed E-state index contributed by atoms with van der Waals surface area (Å²) < 4.78 is 37.6. The molecule has 162 valence electrons. The molecule has 1 aromatic heterocycles. The van der Waals surface area contributed by atoms with Crippen molar-refractivity contribution in [3.05, 3.63) is 89.9 Å². The van der Waals surface area contributed by atoms with E-state index in [-0.39, 0.29) is 17.3 Å². The van der Waals surface area contributed by atoms with E-state index < -0.39 is 10.0 Å². The van der Waals surface area contributed by atoms with Gasteiger partial charge in [-0.15, -0.1) is 0 Å². The van der Waals surface area contributed by atoms with E-state index in [2.05, 4.69) is 10.0 Å². The van der Waals surface area contributed by atoms with Crippen LogP contribution in [-0.2, 0) is 27.8 Å². The standard InChI is InChI=1S/C23H24N2O5S/c1-29-19-9-7-18(8-10-19)15-16-24-23(26)14-13-20-11-12-21(30-20)17-25-31(27,28)22-5-3-2-4-6-22/h2-14,25H,15-17H2,1H3,(H,24,26)/b14-13+. The van der Waals surface area contributed by atoms with Gasteiger partial charge >= 0.3 is 0 Å². The Kier molecular flexibility index (Phi) is 7.64. The van der Waals surface area contributed by atoms with Gasteiger partial charge in [0.25, 0.3) is 0 Å². The van der Waals surface area contributed by atoms with E-state index in [1.54, 1.807) is 37.4 Å². The van der Waals surface area contributed by atoms with Crippen LogP contribution in [0.3, 0.4) is 0 Å². The van der Waals surface area contributed by atoms with E-state index >= 15 is 0 Å². The lowest BCUT2D eigenvalue weighted by Crippen LogP contribution is -2.23. The predicted molar refractivity (Wildman–Crippen MR) is 118 cm³/mol. The van der Waals surface area contributed by atoms with Gasteiger partial charge in [-0.05, 0) is 54.5 Å². The second-order valence-corrected chi connectivity index (χ2v) is 8.43. The number of methoxy groups -OCH3 is 1. The molecule has 3 rings (SSSR count). The highest BCUT2D eigenvalue weighted by molar-refractivity contribution is 7.89. The number of benzene rings is 2. The molecule has 0 bridgehead atoms. The highest BCUT2D eigenvalue weighted by Gasteiger charge is 2.13. The molecule has 1 heterocycles. The fraction of sp³-hybridized carbons (Fsp3) is 0.174. The Bertz CT molecular complexity index is 1120. The second-order valence-electron chi connectivity index (χ2n) is 6.66. The lowest BCUT2D eigenvalue weighted by Gasteiger charge is -2.04. The minimum Gasteiger partial charge on any atom is -0.497 e. The van der Waals surface area contributed by atoms with Gasteiger partial charge in [0.15, 0.2) is 0 Å². The second kappa shape index (κ2) is 10.6. The molecule has 0 saturated heterocycles. The quantitative estimate of drug-likeness (QED) is 0.472. The van der Waals surface area contributed by atoms with E-state index in [0.29, 0.717) is 24.5 Å². The van der Waals surface area contributed by atoms with Gasteiger partial charge < -0.3 is 14.5 Å². The molecule has 31 heavy (non-hydrogen) atoms. The van der Waals surface area contributed by atoms with Crippen molar-refractivity contribution in [1.82, 2.24) is 10.0 Å². The number of hydrogen-bond acceptors (Lipinski definition) is 5. The van der Waals surface area contributed by atoms with E-state index in [4.69, 9.17) is 9.15 Å². The lowest BCUT2D eigenvalue weighted by atomic mass is 10.1. The normalized spacial score (nSPS) is 11.5. The molecule has 0 aliphatic carbocycles. The largest absolute Gasteiger partial charge is 0.497 e. The summed E-state index contributed by atoms with van der Waals surface area (Å²) in [5.74, 6) is 1.45. The molecular formula is C23H24N2O5S. The number of carbonyl (C=O) groups is 1. The minimum absolute atomic E-state index is 0.0130. The zero-order valence-electron chi connectivity index (χ0n) is 17.1. The highest BCUT2D eigenvalue weighted by Crippen LogP contribution is 2.13. The van der Waals surface area contributed by atoms with Gasteiger partial charge in [-0.3, -0.25) is 4.79 Å². The summed E-state index contributed by atoms with van der Waals surface area (Å²) in [6, 6.07) is 19.1. The molecule has 0 radical (unpaired) electrons. The third-order valence-electron chi connectivity index (χ3n) is 4.44. The van der Waals surface area contributed by atoms with Gasteiger partial charge in [-0.25, -0.2) is 13.1 Å². The van der Waals surface area contributed by atoms with Gasteiger partial charge in [0.2, 0.25) is 15.9 Å². The van der Waals surface area contributed by atoms with Crippen LogP contribution in [0.2, 0.25) is 0 Å². The van der Waals surface area contributed by atoms with Crippen LogP contribution in [0.25, 0.3) is 6.08 Å². The number of rotatable bonds is 10. The van der Waals surface area contributed by atoms with E-state index in [1.165, 1.54) is 24.3 Å². The average molecular weight is 441 g/mol. The van der Waals surface area contributed by atoms with Crippen molar-refractivity contribution in [2.24, 2.45) is 0 Å². The van der Waals surface area contributed by atoms with Crippen LogP contribution in [0.4, 0.5) is 0 Å². The van der Waals surface area contributed by atoms with E-state index in [9.17, 15) is 13.2 Å². The maximum atomic E-state index is 12.2. The molecule has 7 nitrogen and oxygen atoms in total. The van der Waals surface area contributed by atoms with Crippen LogP contribution in [0.5, 0.6) is 5.75 Å². The molecule has 0 spiro atoms. The minimum atomic E-state index is -3.61. The van der Waals surface area contributed by atoms with Crippen LogP contribution in [0.1, 0.15) is 17.1 Å². The lowest BCUT2D eigenvalue weighted by molar-refractivity contribution is -0.116. The summed E-state index contributed by atoms with van der Waals surface area (Å²) in [5.41, 5.74) is 1.10. The zero-order valence-corrected chi connectivity index (χ0v) is 17.9. The molecule has 0 fully saturated rings. The van der Waals surface area contributed by atoms with Crippen molar-refractivity contribution < 1.29 is 22.4 Å². The highest BCUT2D eigenvalue weighted by atomic mass is 32.2. The summed E-state index contributed by atoms with van der Waals surface area (Å²) in [6.07, 6.45) is 3.62. The van der Waals surface area contributed by atoms with Crippen LogP contribution in [0, 0.1) is 0 Å². The Hall–Kier alpha value is -3.36. The summed E-state index contributed by atoms with van der Waals surface area (Å²) >= 11 is 0. The van der Waals surface area contributed by atoms with Gasteiger partial charge in [0.1, 0.15) is 17.3 Å². The Morgan fingerprint density at radius 2 is 1.77 bits per heavy atom. The Labute approximate surface area is 181 Å². The first kappa shape index (κ1) is 22.3. The average Bonchev–Trinajstić information content (AvgIpc) is 3.25. The van der Waals surface area contributed by atoms with Gasteiger partial charge in [0.05, 0.1) is 18.6 Å². The van der Waals surface area contributed by atoms with Crippen molar-refractivity contribution in [2.45, 2.75) is 17.9 Å². The fourth-order valence-electron chi connectivity index (χ4n) is 2.77. The third-order valence-corrected chi connectivity index (χ3v) is 5.86. The molecule has 0 aliphatic rings.